The van der Waals surface area contributed by atoms with Crippen LogP contribution in [0.4, 0.5) is 4.39 Å². The number of aryl methyl sites for hydroxylation is 1. The molecule has 0 aliphatic carbocycles. The van der Waals surface area contributed by atoms with Gasteiger partial charge in [-0.1, -0.05) is 0 Å². The zero-order valence-electron chi connectivity index (χ0n) is 14.0. The van der Waals surface area contributed by atoms with Crippen LogP contribution in [0.5, 0.6) is 5.75 Å². The predicted octanol–water partition coefficient (Wildman–Crippen LogP) is 4.52. The van der Waals surface area contributed by atoms with Crippen LogP contribution < -0.4 is 4.74 Å². The van der Waals surface area contributed by atoms with Gasteiger partial charge in [0.25, 0.3) is 0 Å². The number of aromatic nitrogens is 1. The number of benzene rings is 1. The molecule has 0 unspecified atom stereocenters. The Kier molecular flexibility index (Phi) is 5.80. The van der Waals surface area contributed by atoms with Gasteiger partial charge < -0.3 is 13.9 Å². The van der Waals surface area contributed by atoms with Gasteiger partial charge in [-0.2, -0.15) is 0 Å². The summed E-state index contributed by atoms with van der Waals surface area (Å²) in [5, 5.41) is 2.54. The highest BCUT2D eigenvalue weighted by molar-refractivity contribution is 7.09. The Balaban J connectivity index is 1.45. The van der Waals surface area contributed by atoms with E-state index in [1.54, 1.807) is 29.7 Å². The van der Waals surface area contributed by atoms with Crippen LogP contribution in [0.2, 0.25) is 0 Å². The van der Waals surface area contributed by atoms with Gasteiger partial charge in [0.05, 0.1) is 5.69 Å². The molecule has 0 spiro atoms. The van der Waals surface area contributed by atoms with E-state index in [-0.39, 0.29) is 19.0 Å². The third-order valence-electron chi connectivity index (χ3n) is 3.28. The van der Waals surface area contributed by atoms with Crippen molar-refractivity contribution in [1.82, 2.24) is 4.98 Å². The van der Waals surface area contributed by atoms with Gasteiger partial charge in [0, 0.05) is 11.5 Å². The first-order chi connectivity index (χ1) is 12.6. The van der Waals surface area contributed by atoms with Crippen molar-refractivity contribution in [3.05, 3.63) is 75.9 Å². The molecule has 3 rings (SSSR count). The summed E-state index contributed by atoms with van der Waals surface area (Å²) in [5.74, 6) is 1.14. The molecule has 2 aromatic heterocycles. The van der Waals surface area contributed by atoms with Gasteiger partial charge in [0.15, 0.2) is 0 Å². The summed E-state index contributed by atoms with van der Waals surface area (Å²) in [6.45, 7) is 2.17. The Morgan fingerprint density at radius 2 is 2.04 bits per heavy atom. The summed E-state index contributed by atoms with van der Waals surface area (Å²) >= 11 is 1.40. The van der Waals surface area contributed by atoms with E-state index in [4.69, 9.17) is 13.9 Å². The van der Waals surface area contributed by atoms with Crippen molar-refractivity contribution in [3.8, 4) is 5.75 Å². The van der Waals surface area contributed by atoms with E-state index in [9.17, 15) is 9.18 Å². The topological polar surface area (TPSA) is 61.6 Å². The van der Waals surface area contributed by atoms with E-state index < -0.39 is 5.97 Å². The van der Waals surface area contributed by atoms with Crippen LogP contribution in [-0.2, 0) is 22.7 Å². The van der Waals surface area contributed by atoms with Gasteiger partial charge in [-0.05, 0) is 49.4 Å². The first-order valence-electron chi connectivity index (χ1n) is 7.81. The highest BCUT2D eigenvalue weighted by Gasteiger charge is 2.06. The van der Waals surface area contributed by atoms with Crippen molar-refractivity contribution in [2.24, 2.45) is 0 Å². The average molecular weight is 373 g/mol. The lowest BCUT2D eigenvalue weighted by Gasteiger charge is -2.03. The van der Waals surface area contributed by atoms with Crippen LogP contribution in [0.15, 0.2) is 52.3 Å². The fourth-order valence-corrected chi connectivity index (χ4v) is 2.73. The summed E-state index contributed by atoms with van der Waals surface area (Å²) in [6.07, 6.45) is 2.86. The maximum Gasteiger partial charge on any atom is 0.331 e. The number of hydrogen-bond acceptors (Lipinski definition) is 6. The number of halogens is 1. The molecule has 134 valence electrons. The minimum atomic E-state index is -0.476. The fourth-order valence-electron chi connectivity index (χ4n) is 2.04. The molecule has 0 atom stereocenters. The summed E-state index contributed by atoms with van der Waals surface area (Å²) in [5.41, 5.74) is 0.642. The molecule has 1 aromatic carbocycles. The lowest BCUT2D eigenvalue weighted by atomic mass is 10.3. The Morgan fingerprint density at radius 3 is 2.77 bits per heavy atom. The Morgan fingerprint density at radius 1 is 1.23 bits per heavy atom. The standard InChI is InChI=1S/C19H16FNO4S/c1-13-2-5-17(25-13)8-9-19(22)24-10-15-12-26-18(21-15)11-23-16-6-3-14(20)4-7-16/h2-9,12H,10-11H2,1H3/b9-8+. The number of thiazole rings is 1. The predicted molar refractivity (Wildman–Crippen MR) is 95.1 cm³/mol. The van der Waals surface area contributed by atoms with Gasteiger partial charge >= 0.3 is 5.97 Å². The van der Waals surface area contributed by atoms with E-state index in [1.807, 2.05) is 13.0 Å². The average Bonchev–Trinajstić information content (AvgIpc) is 3.26. The second kappa shape index (κ2) is 8.44. The molecule has 0 aliphatic heterocycles. The summed E-state index contributed by atoms with van der Waals surface area (Å²) in [4.78, 5) is 16.0. The molecule has 0 N–H and O–H groups in total. The Labute approximate surface area is 153 Å². The number of ether oxygens (including phenoxy) is 2. The molecular weight excluding hydrogens is 357 g/mol. The number of carbonyl (C=O) groups is 1. The molecule has 5 nitrogen and oxygen atoms in total. The van der Waals surface area contributed by atoms with Crippen LogP contribution in [0.3, 0.4) is 0 Å². The largest absolute Gasteiger partial charge is 0.486 e. The number of rotatable bonds is 7. The fraction of sp³-hybridized carbons (Fsp3) is 0.158. The summed E-state index contributed by atoms with van der Waals surface area (Å²) in [6, 6.07) is 9.36. The summed E-state index contributed by atoms with van der Waals surface area (Å²) < 4.78 is 28.8. The molecule has 0 amide bonds. The minimum absolute atomic E-state index is 0.0768. The number of hydrogen-bond donors (Lipinski definition) is 0. The van der Waals surface area contributed by atoms with E-state index in [0.717, 1.165) is 10.8 Å². The van der Waals surface area contributed by atoms with E-state index in [0.29, 0.717) is 17.2 Å². The molecule has 0 fully saturated rings. The first kappa shape index (κ1) is 17.9. The Hall–Kier alpha value is -2.93. The van der Waals surface area contributed by atoms with Crippen molar-refractivity contribution in [1.29, 1.82) is 0 Å². The third-order valence-corrected chi connectivity index (χ3v) is 4.15. The van der Waals surface area contributed by atoms with Crippen molar-refractivity contribution < 1.29 is 23.1 Å². The lowest BCUT2D eigenvalue weighted by Crippen LogP contribution is -2.01. The van der Waals surface area contributed by atoms with Crippen molar-refractivity contribution >= 4 is 23.4 Å². The van der Waals surface area contributed by atoms with Gasteiger partial charge in [0.2, 0.25) is 0 Å². The van der Waals surface area contributed by atoms with Crippen molar-refractivity contribution in [2.45, 2.75) is 20.1 Å². The van der Waals surface area contributed by atoms with E-state index >= 15 is 0 Å². The van der Waals surface area contributed by atoms with Crippen LogP contribution in [0.25, 0.3) is 6.08 Å². The highest BCUT2D eigenvalue weighted by atomic mass is 32.1. The van der Waals surface area contributed by atoms with Crippen LogP contribution in [0.1, 0.15) is 22.2 Å². The maximum atomic E-state index is 12.8. The number of nitrogens with zero attached hydrogens (tertiary/aromatic N) is 1. The quantitative estimate of drug-likeness (QED) is 0.450. The molecule has 0 saturated heterocycles. The maximum absolute atomic E-state index is 12.8. The van der Waals surface area contributed by atoms with Crippen LogP contribution in [0, 0.1) is 12.7 Å². The monoisotopic (exact) mass is 373 g/mol. The zero-order valence-corrected chi connectivity index (χ0v) is 14.8. The van der Waals surface area contributed by atoms with Crippen molar-refractivity contribution in [2.75, 3.05) is 0 Å². The molecule has 2 heterocycles. The number of carbonyl (C=O) groups excluding carboxylic acids is 1. The third kappa shape index (κ3) is 5.29. The van der Waals surface area contributed by atoms with E-state index in [2.05, 4.69) is 4.98 Å². The smallest absolute Gasteiger partial charge is 0.331 e. The molecule has 0 bridgehead atoms. The van der Waals surface area contributed by atoms with Crippen molar-refractivity contribution in [3.63, 3.8) is 0 Å². The highest BCUT2D eigenvalue weighted by Crippen LogP contribution is 2.16. The minimum Gasteiger partial charge on any atom is -0.486 e. The van der Waals surface area contributed by atoms with Gasteiger partial charge in [-0.3, -0.25) is 0 Å². The van der Waals surface area contributed by atoms with Crippen LogP contribution >= 0.6 is 11.3 Å². The summed E-state index contributed by atoms with van der Waals surface area (Å²) in [7, 11) is 0. The van der Waals surface area contributed by atoms with Gasteiger partial charge in [-0.15, -0.1) is 11.3 Å². The molecule has 0 aliphatic rings. The molecule has 0 radical (unpaired) electrons. The normalized spacial score (nSPS) is 11.0. The Bertz CT molecular complexity index is 898. The number of esters is 1. The lowest BCUT2D eigenvalue weighted by molar-refractivity contribution is -0.139. The van der Waals surface area contributed by atoms with Gasteiger partial charge in [-0.25, -0.2) is 14.2 Å². The molecule has 0 saturated carbocycles. The second-order valence-corrected chi connectivity index (χ2v) is 6.31. The SMILES string of the molecule is Cc1ccc(/C=C/C(=O)OCc2csc(COc3ccc(F)cc3)n2)o1. The molecular formula is C19H16FNO4S. The first-order valence-corrected chi connectivity index (χ1v) is 8.69. The van der Waals surface area contributed by atoms with Crippen LogP contribution in [-0.4, -0.2) is 11.0 Å². The molecule has 26 heavy (non-hydrogen) atoms. The second-order valence-electron chi connectivity index (χ2n) is 5.36. The number of furan rings is 1. The molecule has 7 heteroatoms. The molecule has 3 aromatic rings. The van der Waals surface area contributed by atoms with E-state index in [1.165, 1.54) is 29.5 Å². The zero-order chi connectivity index (χ0) is 18.4. The van der Waals surface area contributed by atoms with Gasteiger partial charge in [0.1, 0.15) is 41.3 Å².